The van der Waals surface area contributed by atoms with Crippen molar-refractivity contribution >= 4 is 17.5 Å². The molecule has 90 valence electrons. The number of amides is 2. The standard InChI is InChI=1S/C12H14N2O3/c1-7-2-3-8(10(15)6-7)14-12(17)9-4-5-11(16)13-9/h2-3,6,9,15H,4-5H2,1H3,(H,13,16)(H,14,17). The minimum atomic E-state index is -0.497. The molecule has 1 heterocycles. The number of phenols is 1. The summed E-state index contributed by atoms with van der Waals surface area (Å²) in [6, 6.07) is 4.51. The van der Waals surface area contributed by atoms with Gasteiger partial charge in [0, 0.05) is 6.42 Å². The molecule has 1 aliphatic heterocycles. The van der Waals surface area contributed by atoms with Crippen LogP contribution in [-0.4, -0.2) is 23.0 Å². The van der Waals surface area contributed by atoms with Gasteiger partial charge in [-0.3, -0.25) is 9.59 Å². The summed E-state index contributed by atoms with van der Waals surface area (Å²) in [6.45, 7) is 1.85. The number of anilines is 1. The smallest absolute Gasteiger partial charge is 0.247 e. The second-order valence-corrected chi connectivity index (χ2v) is 4.17. The number of aromatic hydroxyl groups is 1. The maximum Gasteiger partial charge on any atom is 0.247 e. The lowest BCUT2D eigenvalue weighted by molar-refractivity contribution is -0.122. The molecule has 1 aromatic rings. The first-order valence-electron chi connectivity index (χ1n) is 5.46. The predicted molar refractivity (Wildman–Crippen MR) is 62.6 cm³/mol. The van der Waals surface area contributed by atoms with E-state index in [9.17, 15) is 14.7 Å². The molecule has 0 spiro atoms. The lowest BCUT2D eigenvalue weighted by Crippen LogP contribution is -2.37. The van der Waals surface area contributed by atoms with E-state index >= 15 is 0 Å². The molecule has 1 unspecified atom stereocenters. The highest BCUT2D eigenvalue weighted by molar-refractivity contribution is 5.99. The van der Waals surface area contributed by atoms with Gasteiger partial charge < -0.3 is 15.7 Å². The normalized spacial score (nSPS) is 18.9. The molecule has 1 saturated heterocycles. The number of aryl methyl sites for hydroxylation is 1. The molecule has 1 aliphatic rings. The van der Waals surface area contributed by atoms with Gasteiger partial charge in [-0.25, -0.2) is 0 Å². The van der Waals surface area contributed by atoms with Gasteiger partial charge in [-0.1, -0.05) is 6.07 Å². The summed E-state index contributed by atoms with van der Waals surface area (Å²) in [6.07, 6.45) is 0.870. The van der Waals surface area contributed by atoms with E-state index in [1.54, 1.807) is 18.2 Å². The maximum atomic E-state index is 11.8. The first-order valence-corrected chi connectivity index (χ1v) is 5.46. The lowest BCUT2D eigenvalue weighted by Gasteiger charge is -2.12. The number of hydrogen-bond donors (Lipinski definition) is 3. The van der Waals surface area contributed by atoms with Crippen molar-refractivity contribution in [2.75, 3.05) is 5.32 Å². The summed E-state index contributed by atoms with van der Waals surface area (Å²) in [7, 11) is 0. The third-order valence-corrected chi connectivity index (χ3v) is 2.72. The fourth-order valence-corrected chi connectivity index (χ4v) is 1.78. The van der Waals surface area contributed by atoms with Crippen LogP contribution in [0.1, 0.15) is 18.4 Å². The summed E-state index contributed by atoms with van der Waals surface area (Å²) in [5.74, 6) is -0.379. The Morgan fingerprint density at radius 2 is 2.29 bits per heavy atom. The van der Waals surface area contributed by atoms with Crippen LogP contribution < -0.4 is 10.6 Å². The predicted octanol–water partition coefficient (Wildman–Crippen LogP) is 0.918. The van der Waals surface area contributed by atoms with Crippen LogP contribution in [0.3, 0.4) is 0 Å². The lowest BCUT2D eigenvalue weighted by atomic mass is 10.2. The van der Waals surface area contributed by atoms with Gasteiger partial charge in [0.15, 0.2) is 0 Å². The van der Waals surface area contributed by atoms with Crippen molar-refractivity contribution in [2.45, 2.75) is 25.8 Å². The van der Waals surface area contributed by atoms with Gasteiger partial charge >= 0.3 is 0 Å². The second-order valence-electron chi connectivity index (χ2n) is 4.17. The van der Waals surface area contributed by atoms with E-state index in [4.69, 9.17) is 0 Å². The Balaban J connectivity index is 2.05. The topological polar surface area (TPSA) is 78.4 Å². The number of carbonyl (C=O) groups excluding carboxylic acids is 2. The summed E-state index contributed by atoms with van der Waals surface area (Å²) >= 11 is 0. The van der Waals surface area contributed by atoms with Crippen LogP contribution >= 0.6 is 0 Å². The zero-order chi connectivity index (χ0) is 12.4. The van der Waals surface area contributed by atoms with E-state index in [1.165, 1.54) is 0 Å². The highest BCUT2D eigenvalue weighted by Gasteiger charge is 2.27. The zero-order valence-corrected chi connectivity index (χ0v) is 9.49. The molecule has 0 radical (unpaired) electrons. The molecule has 3 N–H and O–H groups in total. The molecule has 2 amide bonds. The van der Waals surface area contributed by atoms with E-state index in [0.29, 0.717) is 18.5 Å². The molecular weight excluding hydrogens is 220 g/mol. The molecule has 0 saturated carbocycles. The van der Waals surface area contributed by atoms with Gasteiger partial charge in [-0.05, 0) is 31.0 Å². The molecule has 1 aromatic carbocycles. The van der Waals surface area contributed by atoms with Crippen molar-refractivity contribution in [1.82, 2.24) is 5.32 Å². The van der Waals surface area contributed by atoms with Crippen molar-refractivity contribution in [3.8, 4) is 5.75 Å². The molecule has 1 atom stereocenters. The van der Waals surface area contributed by atoms with Crippen LogP contribution in [0.25, 0.3) is 0 Å². The van der Waals surface area contributed by atoms with Gasteiger partial charge in [0.25, 0.3) is 0 Å². The Labute approximate surface area is 98.8 Å². The molecule has 17 heavy (non-hydrogen) atoms. The van der Waals surface area contributed by atoms with E-state index < -0.39 is 6.04 Å². The number of nitrogens with one attached hydrogen (secondary N) is 2. The Kier molecular flexibility index (Phi) is 2.99. The van der Waals surface area contributed by atoms with Crippen LogP contribution in [-0.2, 0) is 9.59 Å². The van der Waals surface area contributed by atoms with Crippen molar-refractivity contribution in [3.05, 3.63) is 23.8 Å². The summed E-state index contributed by atoms with van der Waals surface area (Å²) < 4.78 is 0. The quantitative estimate of drug-likeness (QED) is 0.666. The van der Waals surface area contributed by atoms with E-state index in [0.717, 1.165) is 5.56 Å². The summed E-state index contributed by atoms with van der Waals surface area (Å²) in [5, 5.41) is 14.8. The molecule has 0 aliphatic carbocycles. The van der Waals surface area contributed by atoms with Gasteiger partial charge in [0.2, 0.25) is 11.8 Å². The average molecular weight is 234 g/mol. The highest BCUT2D eigenvalue weighted by atomic mass is 16.3. The molecule has 1 fully saturated rings. The minimum absolute atomic E-state index is 0.0303. The van der Waals surface area contributed by atoms with Crippen LogP contribution in [0.5, 0.6) is 5.75 Å². The molecule has 0 bridgehead atoms. The first-order chi connectivity index (χ1) is 8.06. The third-order valence-electron chi connectivity index (χ3n) is 2.72. The number of rotatable bonds is 2. The Bertz CT molecular complexity index is 471. The fourth-order valence-electron chi connectivity index (χ4n) is 1.78. The SMILES string of the molecule is Cc1ccc(NC(=O)C2CCC(=O)N2)c(O)c1. The number of hydrogen-bond acceptors (Lipinski definition) is 3. The fraction of sp³-hybridized carbons (Fsp3) is 0.333. The Hall–Kier alpha value is -2.04. The summed E-state index contributed by atoms with van der Waals surface area (Å²) in [5.41, 5.74) is 1.27. The summed E-state index contributed by atoms with van der Waals surface area (Å²) in [4.78, 5) is 22.7. The number of phenolic OH excluding ortho intramolecular Hbond substituents is 1. The first kappa shape index (κ1) is 11.4. The van der Waals surface area contributed by atoms with Crippen LogP contribution in [0.4, 0.5) is 5.69 Å². The van der Waals surface area contributed by atoms with E-state index in [2.05, 4.69) is 10.6 Å². The van der Waals surface area contributed by atoms with Crippen LogP contribution in [0.2, 0.25) is 0 Å². The van der Waals surface area contributed by atoms with E-state index in [1.807, 2.05) is 6.92 Å². The third kappa shape index (κ3) is 2.55. The number of benzene rings is 1. The molecule has 5 nitrogen and oxygen atoms in total. The van der Waals surface area contributed by atoms with Gasteiger partial charge in [-0.15, -0.1) is 0 Å². The van der Waals surface area contributed by atoms with Gasteiger partial charge in [0.05, 0.1) is 5.69 Å². The highest BCUT2D eigenvalue weighted by Crippen LogP contribution is 2.24. The van der Waals surface area contributed by atoms with Crippen LogP contribution in [0, 0.1) is 6.92 Å². The molecule has 5 heteroatoms. The average Bonchev–Trinajstić information content (AvgIpc) is 2.69. The molecular formula is C12H14N2O3. The van der Waals surface area contributed by atoms with Gasteiger partial charge in [0.1, 0.15) is 11.8 Å². The monoisotopic (exact) mass is 234 g/mol. The van der Waals surface area contributed by atoms with Crippen LogP contribution in [0.15, 0.2) is 18.2 Å². The largest absolute Gasteiger partial charge is 0.506 e. The van der Waals surface area contributed by atoms with Crippen molar-refractivity contribution in [3.63, 3.8) is 0 Å². The van der Waals surface area contributed by atoms with Crippen molar-refractivity contribution in [2.24, 2.45) is 0 Å². The second kappa shape index (κ2) is 4.45. The van der Waals surface area contributed by atoms with Crippen molar-refractivity contribution in [1.29, 1.82) is 0 Å². The maximum absolute atomic E-state index is 11.8. The Morgan fingerprint density at radius 1 is 1.53 bits per heavy atom. The molecule has 2 rings (SSSR count). The van der Waals surface area contributed by atoms with Gasteiger partial charge in [-0.2, -0.15) is 0 Å². The van der Waals surface area contributed by atoms with Crippen molar-refractivity contribution < 1.29 is 14.7 Å². The van der Waals surface area contributed by atoms with E-state index in [-0.39, 0.29) is 17.6 Å². The zero-order valence-electron chi connectivity index (χ0n) is 9.49. The minimum Gasteiger partial charge on any atom is -0.506 e. The Morgan fingerprint density at radius 3 is 2.88 bits per heavy atom. The molecule has 0 aromatic heterocycles. The number of carbonyl (C=O) groups is 2.